The Bertz CT molecular complexity index is 211. The summed E-state index contributed by atoms with van der Waals surface area (Å²) in [6, 6.07) is 3.96. The molecule has 1 unspecified atom stereocenters. The Morgan fingerprint density at radius 2 is 2.46 bits per heavy atom. The van der Waals surface area contributed by atoms with Gasteiger partial charge in [-0.1, -0.05) is 13.8 Å². The first-order chi connectivity index (χ1) is 6.33. The van der Waals surface area contributed by atoms with Gasteiger partial charge in [0.15, 0.2) is 0 Å². The maximum absolute atomic E-state index is 5.25. The molecule has 0 aliphatic rings. The van der Waals surface area contributed by atoms with Gasteiger partial charge in [0.05, 0.1) is 12.0 Å². The standard InChI is InChI=1S/C10H17NOS/c1-3-11-7-9(2)13-8-10-5-4-6-12-10/h4-6,9,11H,3,7-8H2,1-2H3. The molecule has 0 saturated heterocycles. The van der Waals surface area contributed by atoms with E-state index in [4.69, 9.17) is 4.42 Å². The molecule has 0 spiro atoms. The Hall–Kier alpha value is -0.410. The van der Waals surface area contributed by atoms with E-state index in [1.807, 2.05) is 23.9 Å². The molecule has 1 aromatic rings. The maximum Gasteiger partial charge on any atom is 0.113 e. The van der Waals surface area contributed by atoms with Crippen LogP contribution in [-0.2, 0) is 5.75 Å². The summed E-state index contributed by atoms with van der Waals surface area (Å²) in [6.07, 6.45) is 1.73. The third kappa shape index (κ3) is 4.39. The Balaban J connectivity index is 2.11. The second-order valence-electron chi connectivity index (χ2n) is 3.01. The van der Waals surface area contributed by atoms with Crippen LogP contribution in [0.2, 0.25) is 0 Å². The summed E-state index contributed by atoms with van der Waals surface area (Å²) in [6.45, 7) is 6.48. The molecule has 0 aliphatic carbocycles. The number of nitrogens with one attached hydrogen (secondary N) is 1. The summed E-state index contributed by atoms with van der Waals surface area (Å²) in [5, 5.41) is 3.97. The molecule has 3 heteroatoms. The van der Waals surface area contributed by atoms with Crippen molar-refractivity contribution in [3.63, 3.8) is 0 Å². The molecule has 0 amide bonds. The molecule has 0 aromatic carbocycles. The highest BCUT2D eigenvalue weighted by Crippen LogP contribution is 2.17. The maximum atomic E-state index is 5.25. The highest BCUT2D eigenvalue weighted by Gasteiger charge is 2.03. The fourth-order valence-corrected chi connectivity index (χ4v) is 1.87. The molecular weight excluding hydrogens is 182 g/mol. The van der Waals surface area contributed by atoms with E-state index < -0.39 is 0 Å². The lowest BCUT2D eigenvalue weighted by atomic mass is 10.5. The molecule has 0 bridgehead atoms. The molecule has 1 rings (SSSR count). The van der Waals surface area contributed by atoms with Crippen molar-refractivity contribution in [2.75, 3.05) is 13.1 Å². The highest BCUT2D eigenvalue weighted by atomic mass is 32.2. The zero-order valence-corrected chi connectivity index (χ0v) is 9.06. The zero-order valence-electron chi connectivity index (χ0n) is 8.25. The van der Waals surface area contributed by atoms with Crippen LogP contribution in [0, 0.1) is 0 Å². The van der Waals surface area contributed by atoms with Gasteiger partial charge in [0.1, 0.15) is 5.76 Å². The van der Waals surface area contributed by atoms with Crippen molar-refractivity contribution in [3.05, 3.63) is 24.2 Å². The van der Waals surface area contributed by atoms with Crippen LogP contribution in [0.15, 0.2) is 22.8 Å². The summed E-state index contributed by atoms with van der Waals surface area (Å²) in [5.74, 6) is 2.04. The predicted molar refractivity (Wildman–Crippen MR) is 58.0 cm³/mol. The smallest absolute Gasteiger partial charge is 0.113 e. The topological polar surface area (TPSA) is 25.2 Å². The van der Waals surface area contributed by atoms with Gasteiger partial charge in [0.2, 0.25) is 0 Å². The molecule has 0 radical (unpaired) electrons. The predicted octanol–water partition coefficient (Wildman–Crippen LogP) is 2.51. The Morgan fingerprint density at radius 1 is 1.62 bits per heavy atom. The minimum Gasteiger partial charge on any atom is -0.468 e. The summed E-state index contributed by atoms with van der Waals surface area (Å²) >= 11 is 1.92. The van der Waals surface area contributed by atoms with E-state index in [1.165, 1.54) is 0 Å². The van der Waals surface area contributed by atoms with E-state index in [2.05, 4.69) is 19.2 Å². The van der Waals surface area contributed by atoms with Crippen LogP contribution in [0.25, 0.3) is 0 Å². The first kappa shape index (κ1) is 10.7. The van der Waals surface area contributed by atoms with Crippen LogP contribution in [-0.4, -0.2) is 18.3 Å². The summed E-state index contributed by atoms with van der Waals surface area (Å²) < 4.78 is 5.25. The van der Waals surface area contributed by atoms with E-state index in [-0.39, 0.29) is 0 Å². The summed E-state index contributed by atoms with van der Waals surface area (Å²) in [5.41, 5.74) is 0. The molecule has 0 fully saturated rings. The van der Waals surface area contributed by atoms with E-state index in [1.54, 1.807) is 6.26 Å². The van der Waals surface area contributed by atoms with Crippen molar-refractivity contribution in [1.82, 2.24) is 5.32 Å². The van der Waals surface area contributed by atoms with Crippen molar-refractivity contribution in [1.29, 1.82) is 0 Å². The van der Waals surface area contributed by atoms with Gasteiger partial charge in [-0.15, -0.1) is 11.8 Å². The molecule has 2 nitrogen and oxygen atoms in total. The van der Waals surface area contributed by atoms with Crippen molar-refractivity contribution in [2.45, 2.75) is 24.9 Å². The lowest BCUT2D eigenvalue weighted by Gasteiger charge is -2.09. The fourth-order valence-electron chi connectivity index (χ4n) is 1.03. The van der Waals surface area contributed by atoms with E-state index in [0.29, 0.717) is 5.25 Å². The monoisotopic (exact) mass is 199 g/mol. The Morgan fingerprint density at radius 3 is 3.08 bits per heavy atom. The second kappa shape index (κ2) is 6.11. The van der Waals surface area contributed by atoms with Gasteiger partial charge in [-0.25, -0.2) is 0 Å². The van der Waals surface area contributed by atoms with Gasteiger partial charge in [-0.3, -0.25) is 0 Å². The molecule has 74 valence electrons. The first-order valence-corrected chi connectivity index (χ1v) is 5.72. The zero-order chi connectivity index (χ0) is 9.52. The molecule has 1 atom stereocenters. The number of furan rings is 1. The second-order valence-corrected chi connectivity index (χ2v) is 4.44. The summed E-state index contributed by atoms with van der Waals surface area (Å²) in [4.78, 5) is 0. The Labute approximate surface area is 84.1 Å². The summed E-state index contributed by atoms with van der Waals surface area (Å²) in [7, 11) is 0. The molecule has 1 N–H and O–H groups in total. The lowest BCUT2D eigenvalue weighted by molar-refractivity contribution is 0.530. The first-order valence-electron chi connectivity index (χ1n) is 4.67. The minimum absolute atomic E-state index is 0.644. The van der Waals surface area contributed by atoms with Gasteiger partial charge in [-0.05, 0) is 18.7 Å². The average molecular weight is 199 g/mol. The molecule has 1 aromatic heterocycles. The van der Waals surface area contributed by atoms with Gasteiger partial charge in [-0.2, -0.15) is 0 Å². The fraction of sp³-hybridized carbons (Fsp3) is 0.600. The number of hydrogen-bond donors (Lipinski definition) is 1. The number of rotatable bonds is 6. The van der Waals surface area contributed by atoms with Gasteiger partial charge >= 0.3 is 0 Å². The molecule has 13 heavy (non-hydrogen) atoms. The van der Waals surface area contributed by atoms with E-state index in [9.17, 15) is 0 Å². The third-order valence-corrected chi connectivity index (χ3v) is 2.96. The number of hydrogen-bond acceptors (Lipinski definition) is 3. The van der Waals surface area contributed by atoms with Crippen LogP contribution in [0.4, 0.5) is 0 Å². The van der Waals surface area contributed by atoms with Crippen molar-refractivity contribution in [3.8, 4) is 0 Å². The molecule has 0 aliphatic heterocycles. The van der Waals surface area contributed by atoms with Crippen molar-refractivity contribution < 1.29 is 4.42 Å². The van der Waals surface area contributed by atoms with Crippen molar-refractivity contribution >= 4 is 11.8 Å². The third-order valence-electron chi connectivity index (χ3n) is 1.77. The largest absolute Gasteiger partial charge is 0.468 e. The molecule has 1 heterocycles. The van der Waals surface area contributed by atoms with Gasteiger partial charge in [0.25, 0.3) is 0 Å². The van der Waals surface area contributed by atoms with Crippen LogP contribution in [0.3, 0.4) is 0 Å². The average Bonchev–Trinajstić information content (AvgIpc) is 2.64. The minimum atomic E-state index is 0.644. The van der Waals surface area contributed by atoms with Crippen LogP contribution in [0.5, 0.6) is 0 Å². The van der Waals surface area contributed by atoms with Crippen LogP contribution < -0.4 is 5.32 Å². The normalized spacial score (nSPS) is 13.1. The van der Waals surface area contributed by atoms with Gasteiger partial charge < -0.3 is 9.73 Å². The quantitative estimate of drug-likeness (QED) is 0.762. The Kier molecular flexibility index (Phi) is 5.01. The van der Waals surface area contributed by atoms with Crippen molar-refractivity contribution in [2.24, 2.45) is 0 Å². The molecule has 0 saturated carbocycles. The molecular formula is C10H17NOS. The lowest BCUT2D eigenvalue weighted by Crippen LogP contribution is -2.22. The van der Waals surface area contributed by atoms with Gasteiger partial charge in [0, 0.05) is 11.8 Å². The highest BCUT2D eigenvalue weighted by molar-refractivity contribution is 7.99. The SMILES string of the molecule is CCNCC(C)SCc1ccco1. The van der Waals surface area contributed by atoms with E-state index >= 15 is 0 Å². The number of thioether (sulfide) groups is 1. The van der Waals surface area contributed by atoms with E-state index in [0.717, 1.165) is 24.6 Å². The van der Waals surface area contributed by atoms with Crippen LogP contribution in [0.1, 0.15) is 19.6 Å². The van der Waals surface area contributed by atoms with Crippen LogP contribution >= 0.6 is 11.8 Å².